The number of aliphatic hydroxyl groups is 1. The Balaban J connectivity index is -0.000000681. The number of hydrazine groups is 1. The van der Waals surface area contributed by atoms with E-state index in [-0.39, 0.29) is 63.2 Å². The number of benzene rings is 3. The quantitative estimate of drug-likeness (QED) is 0.0440. The molecule has 20 heteroatoms. The Morgan fingerprint density at radius 2 is 1.21 bits per heavy atom. The number of carbonyl (C=O) groups is 3. The second kappa shape index (κ2) is 32.2. The number of methoxy groups -OCH3 is 2. The van der Waals surface area contributed by atoms with Gasteiger partial charge in [-0.05, 0) is 113 Å². The summed E-state index contributed by atoms with van der Waals surface area (Å²) >= 11 is 17.2. The third-order valence-electron chi connectivity index (χ3n) is 6.55. The van der Waals surface area contributed by atoms with Crippen LogP contribution in [0.15, 0.2) is 97.3 Å². The normalized spacial score (nSPS) is 9.62. The number of ketones is 1. The molecular formula is C38H52AlCl3LiN7O8. The molecule has 0 fully saturated rings. The van der Waals surface area contributed by atoms with E-state index >= 15 is 0 Å². The van der Waals surface area contributed by atoms with Gasteiger partial charge in [-0.2, -0.15) is 10.2 Å². The van der Waals surface area contributed by atoms with Crippen LogP contribution in [-0.4, -0.2) is 113 Å². The summed E-state index contributed by atoms with van der Waals surface area (Å²) in [6.45, 7) is 5.17. The van der Waals surface area contributed by atoms with Crippen molar-refractivity contribution in [1.82, 2.24) is 24.5 Å². The first-order chi connectivity index (χ1) is 26.8. The number of aromatic nitrogens is 4. The van der Waals surface area contributed by atoms with Gasteiger partial charge >= 0.3 is 30.8 Å². The number of carbonyl (C=O) groups excluding carboxylic acids is 3. The molecule has 2 aromatic heterocycles. The molecule has 15 nitrogen and oxygen atoms in total. The zero-order valence-corrected chi connectivity index (χ0v) is 35.5. The SMILES string of the molecule is CCOC(=O)C(C)=O.CCOC(=O)c1ccnn1-c1ccc(Cl)cc1.COC(OC)N(C)C.NNc1ccc(Cl)cc1.OCc1ccnn1-c1ccc(Cl)cc1.[AlH3].[H-].[Li+]. The Labute approximate surface area is 378 Å². The molecule has 0 bridgehead atoms. The predicted molar refractivity (Wildman–Crippen MR) is 228 cm³/mol. The van der Waals surface area contributed by atoms with Crippen molar-refractivity contribution in [3.8, 4) is 11.4 Å². The third kappa shape index (κ3) is 21.3. The monoisotopic (exact) mass is 873 g/mol. The van der Waals surface area contributed by atoms with E-state index < -0.39 is 11.8 Å². The fraction of sp³-hybridized carbons (Fsp3) is 0.289. The van der Waals surface area contributed by atoms with E-state index in [1.165, 1.54) is 11.6 Å². The maximum absolute atomic E-state index is 11.7. The van der Waals surface area contributed by atoms with Crippen LogP contribution in [0.5, 0.6) is 0 Å². The van der Waals surface area contributed by atoms with Crippen molar-refractivity contribution >= 4 is 75.6 Å². The van der Waals surface area contributed by atoms with E-state index in [1.54, 1.807) is 106 Å². The topological polar surface area (TPSA) is 185 Å². The maximum Gasteiger partial charge on any atom is 1.00 e. The molecule has 3 aromatic carbocycles. The van der Waals surface area contributed by atoms with Crippen LogP contribution >= 0.6 is 34.8 Å². The van der Waals surface area contributed by atoms with Gasteiger partial charge in [0.2, 0.25) is 12.2 Å². The van der Waals surface area contributed by atoms with Gasteiger partial charge in [0.05, 0.1) is 43.1 Å². The zero-order valence-electron chi connectivity index (χ0n) is 34.2. The summed E-state index contributed by atoms with van der Waals surface area (Å²) in [5, 5.41) is 19.3. The van der Waals surface area contributed by atoms with E-state index in [1.807, 2.05) is 43.3 Å². The largest absolute Gasteiger partial charge is 1.00 e. The van der Waals surface area contributed by atoms with Gasteiger partial charge in [0, 0.05) is 48.1 Å². The van der Waals surface area contributed by atoms with Gasteiger partial charge in [0.1, 0.15) is 0 Å². The van der Waals surface area contributed by atoms with Crippen LogP contribution in [0.3, 0.4) is 0 Å². The van der Waals surface area contributed by atoms with Gasteiger partial charge in [-0.25, -0.2) is 19.0 Å². The molecule has 312 valence electrons. The second-order valence-corrected chi connectivity index (χ2v) is 12.2. The number of esters is 2. The number of nitrogens with one attached hydrogen (secondary N) is 1. The van der Waals surface area contributed by atoms with E-state index in [9.17, 15) is 14.4 Å². The number of anilines is 1. The molecule has 0 aliphatic carbocycles. The minimum atomic E-state index is -0.757. The Hall–Kier alpha value is -3.71. The Morgan fingerprint density at radius 3 is 1.57 bits per heavy atom. The molecule has 0 amide bonds. The van der Waals surface area contributed by atoms with Crippen LogP contribution in [0, 0.1) is 0 Å². The number of aliphatic hydroxyl groups excluding tert-OH is 1. The average molecular weight is 875 g/mol. The van der Waals surface area contributed by atoms with Crippen LogP contribution < -0.4 is 30.1 Å². The molecule has 0 aliphatic heterocycles. The summed E-state index contributed by atoms with van der Waals surface area (Å²) in [6, 6.07) is 24.9. The number of ether oxygens (including phenoxy) is 4. The van der Waals surface area contributed by atoms with Crippen molar-refractivity contribution < 1.29 is 58.7 Å². The molecule has 0 spiro atoms. The van der Waals surface area contributed by atoms with Crippen molar-refractivity contribution in [2.24, 2.45) is 5.84 Å². The molecule has 5 aromatic rings. The Bertz CT molecular complexity index is 1870. The van der Waals surface area contributed by atoms with E-state index in [4.69, 9.17) is 60.0 Å². The summed E-state index contributed by atoms with van der Waals surface area (Å²) in [6.07, 6.45) is 3.00. The molecular weight excluding hydrogens is 823 g/mol. The van der Waals surface area contributed by atoms with E-state index in [2.05, 4.69) is 20.4 Å². The van der Waals surface area contributed by atoms with E-state index in [0.717, 1.165) is 22.8 Å². The number of nitrogens with two attached hydrogens (primary N) is 1. The molecule has 0 atom stereocenters. The van der Waals surface area contributed by atoms with Crippen LogP contribution in [0.1, 0.15) is 38.4 Å². The first-order valence-corrected chi connectivity index (χ1v) is 17.9. The Morgan fingerprint density at radius 1 is 0.776 bits per heavy atom. The molecule has 0 saturated heterocycles. The number of nitrogen functional groups attached to an aromatic ring is 1. The molecule has 2 heterocycles. The van der Waals surface area contributed by atoms with Gasteiger partial charge in [0.25, 0.3) is 0 Å². The summed E-state index contributed by atoms with van der Waals surface area (Å²) in [4.78, 5) is 33.7. The first-order valence-electron chi connectivity index (χ1n) is 16.7. The molecule has 0 saturated carbocycles. The van der Waals surface area contributed by atoms with E-state index in [0.29, 0.717) is 27.4 Å². The number of nitrogens with zero attached hydrogens (tertiary/aromatic N) is 5. The number of rotatable bonds is 11. The average Bonchev–Trinajstić information content (AvgIpc) is 3.88. The van der Waals surface area contributed by atoms with Gasteiger partial charge in [-0.3, -0.25) is 15.5 Å². The predicted octanol–water partition coefficient (Wildman–Crippen LogP) is 2.54. The van der Waals surface area contributed by atoms with Crippen molar-refractivity contribution in [3.05, 3.63) is 124 Å². The van der Waals surface area contributed by atoms with Gasteiger partial charge in [-0.1, -0.05) is 34.8 Å². The summed E-state index contributed by atoms with van der Waals surface area (Å²) < 4.78 is 22.2. The summed E-state index contributed by atoms with van der Waals surface area (Å²) in [5.41, 5.74) is 6.17. The number of Topliss-reactive ketones (excluding diaryl/α,β-unsaturated/α-hetero) is 1. The number of hydrogen-bond acceptors (Lipinski definition) is 13. The zero-order chi connectivity index (χ0) is 42.0. The summed E-state index contributed by atoms with van der Waals surface area (Å²) in [5.74, 6) is 3.41. The van der Waals surface area contributed by atoms with Crippen molar-refractivity contribution in [1.29, 1.82) is 0 Å². The minimum absolute atomic E-state index is 0. The van der Waals surface area contributed by atoms with Gasteiger partial charge in [-0.15, -0.1) is 0 Å². The molecule has 4 N–H and O–H groups in total. The van der Waals surface area contributed by atoms with Crippen LogP contribution in [0.25, 0.3) is 11.4 Å². The fourth-order valence-electron chi connectivity index (χ4n) is 4.01. The number of hydrogen-bond donors (Lipinski definition) is 3. The van der Waals surface area contributed by atoms with Crippen molar-refractivity contribution in [3.63, 3.8) is 0 Å². The molecule has 0 radical (unpaired) electrons. The first kappa shape index (κ1) is 56.4. The second-order valence-electron chi connectivity index (χ2n) is 10.9. The summed E-state index contributed by atoms with van der Waals surface area (Å²) in [7, 11) is 6.98. The molecule has 0 unspecified atom stereocenters. The molecule has 0 aliphatic rings. The van der Waals surface area contributed by atoms with Gasteiger partial charge < -0.3 is 30.9 Å². The van der Waals surface area contributed by atoms with Gasteiger partial charge in [0.15, 0.2) is 23.1 Å². The number of halogens is 3. The molecule has 5 rings (SSSR count). The Kier molecular flexibility index (Phi) is 31.3. The molecule has 58 heavy (non-hydrogen) atoms. The van der Waals surface area contributed by atoms with Crippen LogP contribution in [0.4, 0.5) is 5.69 Å². The standard InChI is InChI=1S/C12H11ClN2O2.C10H9ClN2O.C6H7ClN2.C5H13NO2.C5H8O3.Al.Li.4H/c1-2-17-12(16)11-7-8-14-15(11)10-5-3-9(13)4-6-10;11-8-1-3-9(4-2-8)13-10(7-14)5-6-12-13;7-5-1-3-6(9-8)4-2-5;1-6(2)5(7-3)8-4;1-3-8-5(7)4(2)6;;;;;;/h3-8H,2H2,1H3;1-6,14H,7H2;1-4,9H,8H2;5H,1-4H3;3H2,1-2H3;;;;;;/q;;;;;;+1;;;;-1. The minimum Gasteiger partial charge on any atom is -1.00 e. The van der Waals surface area contributed by atoms with Crippen LogP contribution in [-0.2, 0) is 35.1 Å². The van der Waals surface area contributed by atoms with Crippen molar-refractivity contribution in [2.75, 3.05) is 47.0 Å². The van der Waals surface area contributed by atoms with Crippen molar-refractivity contribution in [2.45, 2.75) is 33.8 Å². The smallest absolute Gasteiger partial charge is 1.00 e. The third-order valence-corrected chi connectivity index (χ3v) is 7.31. The fourth-order valence-corrected chi connectivity index (χ4v) is 4.39. The maximum atomic E-state index is 11.7. The van der Waals surface area contributed by atoms with Crippen LogP contribution in [0.2, 0.25) is 15.1 Å².